The molecule has 1 aliphatic rings. The van der Waals surface area contributed by atoms with Crippen LogP contribution in [0.4, 0.5) is 5.69 Å². The normalized spacial score (nSPS) is 15.5. The number of imide groups is 1. The average molecular weight is 281 g/mol. The molecule has 0 radical (unpaired) electrons. The third-order valence-electron chi connectivity index (χ3n) is 2.62. The highest BCUT2D eigenvalue weighted by molar-refractivity contribution is 8.00. The number of anilines is 1. The van der Waals surface area contributed by atoms with Crippen LogP contribution in [0.1, 0.15) is 10.4 Å². The number of rotatable bonds is 3. The number of amides is 2. The summed E-state index contributed by atoms with van der Waals surface area (Å²) in [6, 6.07) is 4.13. The summed E-state index contributed by atoms with van der Waals surface area (Å²) in [7, 11) is 1.33. The summed E-state index contributed by atoms with van der Waals surface area (Å²) < 4.78 is 4.97. The summed E-state index contributed by atoms with van der Waals surface area (Å²) in [6.07, 6.45) is 0. The standard InChI is InChI=1S/C12H11NO5S/c1-18-9-4-7(2-3-8(9)12(16)17)13-10(14)5-19-6-11(13)15/h2-4H,5-6H2,1H3,(H,16,17). The second-order valence-electron chi connectivity index (χ2n) is 3.81. The van der Waals surface area contributed by atoms with E-state index in [1.165, 1.54) is 37.1 Å². The number of nitrogens with zero attached hydrogens (tertiary/aromatic N) is 1. The van der Waals surface area contributed by atoms with E-state index < -0.39 is 5.97 Å². The Balaban J connectivity index is 2.42. The molecule has 100 valence electrons. The number of thioether (sulfide) groups is 1. The van der Waals surface area contributed by atoms with E-state index >= 15 is 0 Å². The zero-order valence-corrected chi connectivity index (χ0v) is 10.9. The maximum absolute atomic E-state index is 11.8. The third-order valence-corrected chi connectivity index (χ3v) is 3.53. The van der Waals surface area contributed by atoms with Crippen molar-refractivity contribution in [1.29, 1.82) is 0 Å². The predicted molar refractivity (Wildman–Crippen MR) is 69.8 cm³/mol. The minimum atomic E-state index is -1.13. The van der Waals surface area contributed by atoms with Crippen LogP contribution in [0.25, 0.3) is 0 Å². The molecule has 7 heteroatoms. The van der Waals surface area contributed by atoms with E-state index in [-0.39, 0.29) is 34.6 Å². The Kier molecular flexibility index (Phi) is 3.75. The summed E-state index contributed by atoms with van der Waals surface area (Å²) in [5.74, 6) is -1.18. The topological polar surface area (TPSA) is 83.9 Å². The van der Waals surface area contributed by atoms with Crippen LogP contribution in [0.5, 0.6) is 5.75 Å². The van der Waals surface area contributed by atoms with E-state index in [1.54, 1.807) is 0 Å². The molecular weight excluding hydrogens is 270 g/mol. The second kappa shape index (κ2) is 5.31. The number of aromatic carboxylic acids is 1. The molecule has 0 spiro atoms. The lowest BCUT2D eigenvalue weighted by molar-refractivity contribution is -0.124. The monoisotopic (exact) mass is 281 g/mol. The smallest absolute Gasteiger partial charge is 0.339 e. The van der Waals surface area contributed by atoms with Crippen molar-refractivity contribution in [3.8, 4) is 5.75 Å². The van der Waals surface area contributed by atoms with Crippen LogP contribution in [0.2, 0.25) is 0 Å². The van der Waals surface area contributed by atoms with Gasteiger partial charge in [-0.15, -0.1) is 11.8 Å². The van der Waals surface area contributed by atoms with Gasteiger partial charge in [0.2, 0.25) is 11.8 Å². The first-order chi connectivity index (χ1) is 9.04. The lowest BCUT2D eigenvalue weighted by Gasteiger charge is -2.25. The Hall–Kier alpha value is -2.02. The van der Waals surface area contributed by atoms with Crippen molar-refractivity contribution in [1.82, 2.24) is 0 Å². The van der Waals surface area contributed by atoms with E-state index in [0.717, 1.165) is 4.90 Å². The van der Waals surface area contributed by atoms with Crippen LogP contribution in [0, 0.1) is 0 Å². The number of hydrogen-bond donors (Lipinski definition) is 1. The van der Waals surface area contributed by atoms with Crippen molar-refractivity contribution in [2.75, 3.05) is 23.5 Å². The summed E-state index contributed by atoms with van der Waals surface area (Å²) in [5.41, 5.74) is 0.315. The number of carbonyl (C=O) groups excluding carboxylic acids is 2. The number of methoxy groups -OCH3 is 1. The Morgan fingerprint density at radius 2 is 1.95 bits per heavy atom. The molecule has 1 saturated heterocycles. The molecule has 0 unspecified atom stereocenters. The molecule has 1 N–H and O–H groups in total. The minimum Gasteiger partial charge on any atom is -0.496 e. The van der Waals surface area contributed by atoms with Crippen LogP contribution in [0.15, 0.2) is 18.2 Å². The highest BCUT2D eigenvalue weighted by atomic mass is 32.2. The molecule has 6 nitrogen and oxygen atoms in total. The third kappa shape index (κ3) is 2.55. The van der Waals surface area contributed by atoms with Gasteiger partial charge in [0.15, 0.2) is 0 Å². The van der Waals surface area contributed by atoms with Crippen molar-refractivity contribution >= 4 is 35.2 Å². The highest BCUT2D eigenvalue weighted by Crippen LogP contribution is 2.28. The van der Waals surface area contributed by atoms with Crippen molar-refractivity contribution in [2.45, 2.75) is 0 Å². The number of hydrogen-bond acceptors (Lipinski definition) is 5. The van der Waals surface area contributed by atoms with Gasteiger partial charge in [-0.1, -0.05) is 0 Å². The predicted octanol–water partition coefficient (Wildman–Crippen LogP) is 1.000. The van der Waals surface area contributed by atoms with E-state index in [4.69, 9.17) is 9.84 Å². The molecule has 1 aliphatic heterocycles. The van der Waals surface area contributed by atoms with Crippen LogP contribution >= 0.6 is 11.8 Å². The van der Waals surface area contributed by atoms with Gasteiger partial charge >= 0.3 is 5.97 Å². The number of carboxylic acids is 1. The maximum Gasteiger partial charge on any atom is 0.339 e. The SMILES string of the molecule is COc1cc(N2C(=O)CSCC2=O)ccc1C(=O)O. The molecule has 1 aromatic rings. The van der Waals surface area contributed by atoms with E-state index in [2.05, 4.69) is 0 Å². The lowest BCUT2D eigenvalue weighted by atomic mass is 10.1. The summed E-state index contributed by atoms with van der Waals surface area (Å²) in [4.78, 5) is 35.5. The van der Waals surface area contributed by atoms with Crippen molar-refractivity contribution in [2.24, 2.45) is 0 Å². The van der Waals surface area contributed by atoms with Crippen LogP contribution < -0.4 is 9.64 Å². The Morgan fingerprint density at radius 1 is 1.32 bits per heavy atom. The zero-order chi connectivity index (χ0) is 14.0. The quantitative estimate of drug-likeness (QED) is 0.832. The van der Waals surface area contributed by atoms with Crippen LogP contribution in [0.3, 0.4) is 0 Å². The second-order valence-corrected chi connectivity index (χ2v) is 4.79. The Bertz CT molecular complexity index is 541. The Labute approximate surface area is 113 Å². The van der Waals surface area contributed by atoms with E-state index in [0.29, 0.717) is 5.69 Å². The van der Waals surface area contributed by atoms with Crippen molar-refractivity contribution in [3.05, 3.63) is 23.8 Å². The van der Waals surface area contributed by atoms with Crippen molar-refractivity contribution < 1.29 is 24.2 Å². The van der Waals surface area contributed by atoms with Crippen molar-refractivity contribution in [3.63, 3.8) is 0 Å². The van der Waals surface area contributed by atoms with E-state index in [1.807, 2.05) is 0 Å². The molecule has 0 aromatic heterocycles. The van der Waals surface area contributed by atoms with Gasteiger partial charge in [-0.25, -0.2) is 9.69 Å². The largest absolute Gasteiger partial charge is 0.496 e. The first-order valence-corrected chi connectivity index (χ1v) is 6.55. The fourth-order valence-electron chi connectivity index (χ4n) is 1.78. The van der Waals surface area contributed by atoms with Gasteiger partial charge < -0.3 is 9.84 Å². The average Bonchev–Trinajstić information content (AvgIpc) is 2.38. The molecule has 2 amide bonds. The molecule has 1 heterocycles. The van der Waals surface area contributed by atoms with Crippen LogP contribution in [-0.2, 0) is 9.59 Å². The molecule has 1 aromatic carbocycles. The fourth-order valence-corrected chi connectivity index (χ4v) is 2.49. The zero-order valence-electron chi connectivity index (χ0n) is 10.1. The minimum absolute atomic E-state index is 0.0162. The number of benzene rings is 1. The van der Waals surface area contributed by atoms with Gasteiger partial charge in [0.05, 0.1) is 24.3 Å². The maximum atomic E-state index is 11.8. The first-order valence-electron chi connectivity index (χ1n) is 5.39. The van der Waals surface area contributed by atoms with Gasteiger partial charge in [0.1, 0.15) is 11.3 Å². The van der Waals surface area contributed by atoms with Gasteiger partial charge in [0, 0.05) is 6.07 Å². The summed E-state index contributed by atoms with van der Waals surface area (Å²) in [5, 5.41) is 8.97. The van der Waals surface area contributed by atoms with Gasteiger partial charge in [-0.3, -0.25) is 9.59 Å². The molecule has 19 heavy (non-hydrogen) atoms. The fraction of sp³-hybridized carbons (Fsp3) is 0.250. The number of carboxylic acid groups (broad SMARTS) is 1. The molecule has 0 atom stereocenters. The lowest BCUT2D eigenvalue weighted by Crippen LogP contribution is -2.43. The van der Waals surface area contributed by atoms with E-state index in [9.17, 15) is 14.4 Å². The summed E-state index contributed by atoms with van der Waals surface area (Å²) >= 11 is 1.26. The van der Waals surface area contributed by atoms with Crippen LogP contribution in [-0.4, -0.2) is 41.5 Å². The molecule has 0 saturated carbocycles. The van der Waals surface area contributed by atoms with Gasteiger partial charge in [-0.2, -0.15) is 0 Å². The van der Waals surface area contributed by atoms with Gasteiger partial charge in [0.25, 0.3) is 0 Å². The summed E-state index contributed by atoms with van der Waals surface area (Å²) in [6.45, 7) is 0. The Morgan fingerprint density at radius 3 is 2.47 bits per heavy atom. The molecule has 1 fully saturated rings. The molecule has 0 bridgehead atoms. The molecule has 2 rings (SSSR count). The van der Waals surface area contributed by atoms with Gasteiger partial charge in [-0.05, 0) is 12.1 Å². The highest BCUT2D eigenvalue weighted by Gasteiger charge is 2.28. The number of ether oxygens (including phenoxy) is 1. The molecule has 0 aliphatic carbocycles. The number of carbonyl (C=O) groups is 3. The molecular formula is C12H11NO5S. The first kappa shape index (κ1) is 13.4.